The molecule has 0 saturated carbocycles. The maximum absolute atomic E-state index is 12.9. The van der Waals surface area contributed by atoms with Crippen LogP contribution < -0.4 is 0 Å². The highest BCUT2D eigenvalue weighted by Gasteiger charge is 2.60. The minimum Gasteiger partial charge on any atom is -0.463 e. The summed E-state index contributed by atoms with van der Waals surface area (Å²) in [5.41, 5.74) is 0. The van der Waals surface area contributed by atoms with Crippen LogP contribution >= 0.6 is 0 Å². The molecule has 63 heavy (non-hydrogen) atoms. The molecule has 0 aliphatic carbocycles. The average Bonchev–Trinajstić information content (AvgIpc) is 3.12. The summed E-state index contributed by atoms with van der Waals surface area (Å²) in [6.45, 7) is 9.99. The molecule has 0 aromatic rings. The Labute approximate surface area is 360 Å². The molecule has 3 heterocycles. The highest BCUT2D eigenvalue weighted by atomic mass is 16.8. The number of ether oxygens (including phenoxy) is 15. The lowest BCUT2D eigenvalue weighted by molar-refractivity contribution is -0.386. The van der Waals surface area contributed by atoms with Crippen molar-refractivity contribution in [2.45, 2.75) is 168 Å². The molecule has 3 aliphatic heterocycles. The van der Waals surface area contributed by atoms with E-state index in [9.17, 15) is 47.9 Å². The van der Waals surface area contributed by atoms with Crippen molar-refractivity contribution in [1.82, 2.24) is 0 Å². The topological polar surface area (TPSA) is 309 Å². The van der Waals surface area contributed by atoms with Crippen LogP contribution in [0.3, 0.4) is 0 Å². The van der Waals surface area contributed by atoms with Crippen molar-refractivity contribution >= 4 is 59.7 Å². The van der Waals surface area contributed by atoms with Crippen LogP contribution in [0.2, 0.25) is 0 Å². The molecule has 354 valence electrons. The van der Waals surface area contributed by atoms with E-state index in [1.165, 1.54) is 6.92 Å². The van der Waals surface area contributed by atoms with Crippen molar-refractivity contribution in [2.24, 2.45) is 0 Å². The summed E-state index contributed by atoms with van der Waals surface area (Å²) in [4.78, 5) is 124. The maximum atomic E-state index is 12.9. The van der Waals surface area contributed by atoms with Crippen LogP contribution in [0.1, 0.15) is 76.2 Å². The van der Waals surface area contributed by atoms with Crippen molar-refractivity contribution < 1.29 is 119 Å². The van der Waals surface area contributed by atoms with Gasteiger partial charge < -0.3 is 71.1 Å². The monoisotopic (exact) mass is 908 g/mol. The zero-order valence-electron chi connectivity index (χ0n) is 36.3. The normalized spacial score (nSPS) is 32.6. The Balaban J connectivity index is 2.35. The van der Waals surface area contributed by atoms with E-state index in [1.807, 2.05) is 0 Å². The summed E-state index contributed by atoms with van der Waals surface area (Å²) in [7, 11) is 0. The largest absolute Gasteiger partial charge is 0.463 e. The van der Waals surface area contributed by atoms with Crippen molar-refractivity contribution in [1.29, 1.82) is 0 Å². The molecule has 15 atom stereocenters. The molecular formula is C38H52O25. The molecule has 0 spiro atoms. The number of hydrogen-bond donors (Lipinski definition) is 0. The molecule has 3 saturated heterocycles. The zero-order valence-corrected chi connectivity index (χ0v) is 36.3. The second kappa shape index (κ2) is 23.3. The molecule has 25 heteroatoms. The molecular weight excluding hydrogens is 856 g/mol. The molecule has 3 rings (SSSR count). The third kappa shape index (κ3) is 15.4. The first kappa shape index (κ1) is 51.8. The summed E-state index contributed by atoms with van der Waals surface area (Å²) in [6.07, 6.45) is -26.0. The highest BCUT2D eigenvalue weighted by molar-refractivity contribution is 5.70. The van der Waals surface area contributed by atoms with Crippen LogP contribution in [0.5, 0.6) is 0 Å². The SMILES string of the molecule is CC(=O)OC[C@H]1O[C@H](O[C@H]2[C@H](OC(C)=O)[C@@H](OC(C)=O)[C@@H](OC(C)=O)O[C@@H]2COC(C)=O)[C@H](O[C@@H]2O[C@@H](C)[C@@H](OC(C)=O)[C@@H](OC(C)=O)[C@@H]2OC(C)=O)[C@@H](OC(C)=O)[C@H]1OC(C)=O. The molecule has 3 fully saturated rings. The van der Waals surface area contributed by atoms with Crippen molar-refractivity contribution in [3.8, 4) is 0 Å². The van der Waals surface area contributed by atoms with Gasteiger partial charge in [0.2, 0.25) is 12.4 Å². The Morgan fingerprint density at radius 1 is 0.317 bits per heavy atom. The van der Waals surface area contributed by atoms with Gasteiger partial charge in [-0.2, -0.15) is 0 Å². The Morgan fingerprint density at radius 3 is 1.05 bits per heavy atom. The fraction of sp³-hybridized carbons (Fsp3) is 0.737. The Morgan fingerprint density at radius 2 is 0.619 bits per heavy atom. The quantitative estimate of drug-likeness (QED) is 0.135. The predicted molar refractivity (Wildman–Crippen MR) is 195 cm³/mol. The van der Waals surface area contributed by atoms with Crippen LogP contribution in [0.4, 0.5) is 0 Å². The molecule has 0 radical (unpaired) electrons. The van der Waals surface area contributed by atoms with Crippen LogP contribution in [0.25, 0.3) is 0 Å². The predicted octanol–water partition coefficient (Wildman–Crippen LogP) is -0.837. The smallest absolute Gasteiger partial charge is 0.305 e. The minimum absolute atomic E-state index is 0.709. The molecule has 0 unspecified atom stereocenters. The van der Waals surface area contributed by atoms with Gasteiger partial charge in [0.15, 0.2) is 55.3 Å². The second-order valence-electron chi connectivity index (χ2n) is 14.2. The van der Waals surface area contributed by atoms with E-state index in [1.54, 1.807) is 0 Å². The Kier molecular flexibility index (Phi) is 19.1. The number of rotatable bonds is 16. The van der Waals surface area contributed by atoms with Gasteiger partial charge in [-0.15, -0.1) is 0 Å². The lowest BCUT2D eigenvalue weighted by atomic mass is 9.95. The van der Waals surface area contributed by atoms with Gasteiger partial charge in [0, 0.05) is 69.2 Å². The Hall–Kier alpha value is -5.50. The van der Waals surface area contributed by atoms with E-state index in [-0.39, 0.29) is 0 Å². The lowest BCUT2D eigenvalue weighted by Gasteiger charge is -2.50. The van der Waals surface area contributed by atoms with E-state index in [0.717, 1.165) is 69.2 Å². The van der Waals surface area contributed by atoms with Gasteiger partial charge in [-0.25, -0.2) is 0 Å². The summed E-state index contributed by atoms with van der Waals surface area (Å²) in [5.74, 6) is -9.38. The van der Waals surface area contributed by atoms with Gasteiger partial charge in [-0.1, -0.05) is 0 Å². The highest BCUT2D eigenvalue weighted by Crippen LogP contribution is 2.38. The van der Waals surface area contributed by atoms with E-state index < -0.39 is 165 Å². The van der Waals surface area contributed by atoms with Crippen LogP contribution in [0.15, 0.2) is 0 Å². The first-order valence-electron chi connectivity index (χ1n) is 19.3. The van der Waals surface area contributed by atoms with Crippen molar-refractivity contribution in [3.05, 3.63) is 0 Å². The summed E-state index contributed by atoms with van der Waals surface area (Å²) >= 11 is 0. The molecule has 0 amide bonds. The first-order valence-corrected chi connectivity index (χ1v) is 19.3. The second-order valence-corrected chi connectivity index (χ2v) is 14.2. The molecule has 0 N–H and O–H groups in total. The molecule has 0 aromatic heterocycles. The van der Waals surface area contributed by atoms with Gasteiger partial charge >= 0.3 is 59.7 Å². The standard InChI is InChI=1S/C38H52O25/c1-14-27(52-17(4)41)30(54-19(6)43)33(57-22(9)46)36(51-14)63-35-31(55-20(7)44)28(53-18(5)42)25(12-49-15(2)39)61-38(35)62-29-26(13-50-16(3)40)60-37(59-24(11)48)34(58-23(10)47)32(29)56-21(8)45/h14,25-38H,12-13H2,1-11H3/t14-,25+,26+,27+,28-,29+,30+,31-,32-,33-,34+,35+,36-,37-,38+/m0/s1. The lowest BCUT2D eigenvalue weighted by Crippen LogP contribution is -2.69. The summed E-state index contributed by atoms with van der Waals surface area (Å²) in [5, 5.41) is 0. The molecule has 25 nitrogen and oxygen atoms in total. The van der Waals surface area contributed by atoms with Gasteiger partial charge in [0.05, 0.1) is 6.10 Å². The molecule has 0 aromatic carbocycles. The van der Waals surface area contributed by atoms with E-state index in [0.29, 0.717) is 0 Å². The van der Waals surface area contributed by atoms with Crippen LogP contribution in [-0.4, -0.2) is 165 Å². The van der Waals surface area contributed by atoms with Crippen molar-refractivity contribution in [2.75, 3.05) is 13.2 Å². The van der Waals surface area contributed by atoms with Crippen molar-refractivity contribution in [3.63, 3.8) is 0 Å². The first-order chi connectivity index (χ1) is 29.4. The van der Waals surface area contributed by atoms with E-state index in [4.69, 9.17) is 71.1 Å². The van der Waals surface area contributed by atoms with Gasteiger partial charge in [-0.3, -0.25) is 47.9 Å². The minimum atomic E-state index is -2.05. The summed E-state index contributed by atoms with van der Waals surface area (Å²) in [6, 6.07) is 0. The van der Waals surface area contributed by atoms with Gasteiger partial charge in [0.1, 0.15) is 31.5 Å². The van der Waals surface area contributed by atoms with Gasteiger partial charge in [-0.05, 0) is 6.92 Å². The van der Waals surface area contributed by atoms with E-state index >= 15 is 0 Å². The fourth-order valence-electron chi connectivity index (χ4n) is 6.79. The number of hydrogen-bond acceptors (Lipinski definition) is 25. The molecule has 0 bridgehead atoms. The number of esters is 10. The number of carbonyl (C=O) groups excluding carboxylic acids is 10. The number of carbonyl (C=O) groups is 10. The fourth-order valence-corrected chi connectivity index (χ4v) is 6.79. The zero-order chi connectivity index (χ0) is 47.5. The van der Waals surface area contributed by atoms with Crippen LogP contribution in [0, 0.1) is 0 Å². The van der Waals surface area contributed by atoms with Gasteiger partial charge in [0.25, 0.3) is 0 Å². The third-order valence-corrected chi connectivity index (χ3v) is 8.79. The average molecular weight is 909 g/mol. The van der Waals surface area contributed by atoms with E-state index in [2.05, 4.69) is 0 Å². The third-order valence-electron chi connectivity index (χ3n) is 8.79. The van der Waals surface area contributed by atoms with Crippen LogP contribution in [-0.2, 0) is 119 Å². The Bertz CT molecular complexity index is 1710. The summed E-state index contributed by atoms with van der Waals surface area (Å²) < 4.78 is 85.4. The molecule has 3 aliphatic rings. The maximum Gasteiger partial charge on any atom is 0.305 e.